The number of hydrogen-bond donors (Lipinski definition) is 1. The second-order valence-corrected chi connectivity index (χ2v) is 3.96. The zero-order valence-corrected chi connectivity index (χ0v) is 9.67. The van der Waals surface area contributed by atoms with Gasteiger partial charge in [-0.2, -0.15) is 0 Å². The van der Waals surface area contributed by atoms with E-state index in [4.69, 9.17) is 10.5 Å². The zero-order chi connectivity index (χ0) is 10.7. The van der Waals surface area contributed by atoms with Gasteiger partial charge in [-0.25, -0.2) is 4.79 Å². The minimum absolute atomic E-state index is 0.129. The monoisotopic (exact) mass is 257 g/mol. The molecule has 0 unspecified atom stereocenters. The molecule has 2 N–H and O–H groups in total. The van der Waals surface area contributed by atoms with Gasteiger partial charge in [0, 0.05) is 5.69 Å². The molecular weight excluding hydrogens is 246 g/mol. The number of hydrogen-bond acceptors (Lipinski definition) is 3. The Labute approximate surface area is 91.4 Å². The maximum atomic E-state index is 11.5. The molecular formula is C10H12BrNO2. The van der Waals surface area contributed by atoms with Crippen molar-refractivity contribution in [1.29, 1.82) is 0 Å². The molecule has 0 radical (unpaired) electrons. The van der Waals surface area contributed by atoms with Crippen LogP contribution in [-0.2, 0) is 4.74 Å². The summed E-state index contributed by atoms with van der Waals surface area (Å²) >= 11 is 3.24. The van der Waals surface area contributed by atoms with Crippen LogP contribution in [0.15, 0.2) is 22.7 Å². The van der Waals surface area contributed by atoms with Gasteiger partial charge in [-0.05, 0) is 41.9 Å². The van der Waals surface area contributed by atoms with Crippen LogP contribution in [0, 0.1) is 0 Å². The molecule has 0 atom stereocenters. The minimum atomic E-state index is -0.362. The van der Waals surface area contributed by atoms with Gasteiger partial charge >= 0.3 is 5.97 Å². The third kappa shape index (κ3) is 2.48. The lowest BCUT2D eigenvalue weighted by Gasteiger charge is -2.09. The third-order valence-corrected chi connectivity index (χ3v) is 2.48. The van der Waals surface area contributed by atoms with Crippen LogP contribution in [0.25, 0.3) is 0 Å². The number of carbonyl (C=O) groups is 1. The molecule has 0 amide bonds. The number of halogens is 1. The molecule has 0 saturated carbocycles. The zero-order valence-electron chi connectivity index (χ0n) is 8.08. The van der Waals surface area contributed by atoms with Gasteiger partial charge in [0.25, 0.3) is 0 Å². The lowest BCUT2D eigenvalue weighted by atomic mass is 10.2. The standard InChI is InChI=1S/C10H12BrNO2/c1-6(2)14-10(13)7-4-3-5-8(12)9(7)11/h3-6H,12H2,1-2H3. The second-order valence-electron chi connectivity index (χ2n) is 3.16. The van der Waals surface area contributed by atoms with Crippen molar-refractivity contribution < 1.29 is 9.53 Å². The number of ether oxygens (including phenoxy) is 1. The highest BCUT2D eigenvalue weighted by atomic mass is 79.9. The average molecular weight is 258 g/mol. The Hall–Kier alpha value is -1.03. The van der Waals surface area contributed by atoms with Gasteiger partial charge in [-0.1, -0.05) is 6.07 Å². The van der Waals surface area contributed by atoms with E-state index in [1.54, 1.807) is 32.0 Å². The first-order chi connectivity index (χ1) is 6.52. The summed E-state index contributed by atoms with van der Waals surface area (Å²) in [6.07, 6.45) is -0.129. The third-order valence-electron chi connectivity index (χ3n) is 1.59. The normalized spacial score (nSPS) is 10.3. The summed E-state index contributed by atoms with van der Waals surface area (Å²) in [6, 6.07) is 5.11. The maximum Gasteiger partial charge on any atom is 0.339 e. The van der Waals surface area contributed by atoms with Crippen molar-refractivity contribution in [3.63, 3.8) is 0 Å². The number of esters is 1. The van der Waals surface area contributed by atoms with Gasteiger partial charge in [0.15, 0.2) is 0 Å². The number of benzene rings is 1. The summed E-state index contributed by atoms with van der Waals surface area (Å²) in [6.45, 7) is 3.61. The van der Waals surface area contributed by atoms with Crippen molar-refractivity contribution in [2.24, 2.45) is 0 Å². The van der Waals surface area contributed by atoms with Gasteiger partial charge in [0.05, 0.1) is 16.1 Å². The molecule has 0 spiro atoms. The molecule has 0 aliphatic heterocycles. The maximum absolute atomic E-state index is 11.5. The summed E-state index contributed by atoms with van der Waals surface area (Å²) in [4.78, 5) is 11.5. The van der Waals surface area contributed by atoms with E-state index in [1.165, 1.54) is 0 Å². The molecule has 3 nitrogen and oxygen atoms in total. The lowest BCUT2D eigenvalue weighted by Crippen LogP contribution is -2.12. The van der Waals surface area contributed by atoms with E-state index in [-0.39, 0.29) is 12.1 Å². The predicted octanol–water partition coefficient (Wildman–Crippen LogP) is 2.60. The smallest absolute Gasteiger partial charge is 0.339 e. The Morgan fingerprint density at radius 3 is 2.71 bits per heavy atom. The molecule has 0 bridgehead atoms. The topological polar surface area (TPSA) is 52.3 Å². The van der Waals surface area contributed by atoms with Crippen molar-refractivity contribution in [3.8, 4) is 0 Å². The highest BCUT2D eigenvalue weighted by molar-refractivity contribution is 9.10. The summed E-state index contributed by atoms with van der Waals surface area (Å²) in [5.74, 6) is -0.362. The first-order valence-corrected chi connectivity index (χ1v) is 5.06. The van der Waals surface area contributed by atoms with Crippen LogP contribution in [0.5, 0.6) is 0 Å². The Balaban J connectivity index is 2.96. The van der Waals surface area contributed by atoms with E-state index in [1.807, 2.05) is 0 Å². The number of nitrogen functional groups attached to an aromatic ring is 1. The van der Waals surface area contributed by atoms with E-state index in [0.717, 1.165) is 0 Å². The highest BCUT2D eigenvalue weighted by Crippen LogP contribution is 2.24. The fraction of sp³-hybridized carbons (Fsp3) is 0.300. The van der Waals surface area contributed by atoms with Crippen molar-refractivity contribution in [2.75, 3.05) is 5.73 Å². The van der Waals surface area contributed by atoms with Gasteiger partial charge in [0.2, 0.25) is 0 Å². The molecule has 0 saturated heterocycles. The molecule has 0 heterocycles. The van der Waals surface area contributed by atoms with E-state index in [0.29, 0.717) is 15.7 Å². The molecule has 1 aromatic rings. The number of carbonyl (C=O) groups excluding carboxylic acids is 1. The molecule has 0 aliphatic rings. The van der Waals surface area contributed by atoms with Crippen LogP contribution in [0.4, 0.5) is 5.69 Å². The van der Waals surface area contributed by atoms with Crippen LogP contribution >= 0.6 is 15.9 Å². The number of nitrogens with two attached hydrogens (primary N) is 1. The highest BCUT2D eigenvalue weighted by Gasteiger charge is 2.13. The van der Waals surface area contributed by atoms with Crippen LogP contribution in [0.3, 0.4) is 0 Å². The molecule has 0 aliphatic carbocycles. The van der Waals surface area contributed by atoms with Crippen molar-refractivity contribution in [1.82, 2.24) is 0 Å². The quantitative estimate of drug-likeness (QED) is 0.655. The van der Waals surface area contributed by atoms with E-state index in [2.05, 4.69) is 15.9 Å². The van der Waals surface area contributed by atoms with E-state index >= 15 is 0 Å². The summed E-state index contributed by atoms with van der Waals surface area (Å²) in [5.41, 5.74) is 6.62. The van der Waals surface area contributed by atoms with Crippen molar-refractivity contribution >= 4 is 27.6 Å². The second kappa shape index (κ2) is 4.46. The Kier molecular flexibility index (Phi) is 3.52. The van der Waals surface area contributed by atoms with Crippen LogP contribution < -0.4 is 5.73 Å². The minimum Gasteiger partial charge on any atom is -0.459 e. The van der Waals surface area contributed by atoms with E-state index in [9.17, 15) is 4.79 Å². The Morgan fingerprint density at radius 2 is 2.14 bits per heavy atom. The first-order valence-electron chi connectivity index (χ1n) is 4.27. The lowest BCUT2D eigenvalue weighted by molar-refractivity contribution is 0.0377. The largest absolute Gasteiger partial charge is 0.459 e. The van der Waals surface area contributed by atoms with E-state index < -0.39 is 0 Å². The first kappa shape index (κ1) is 11.0. The molecule has 0 aromatic heterocycles. The molecule has 1 rings (SSSR count). The number of rotatable bonds is 2. The van der Waals surface area contributed by atoms with Crippen LogP contribution in [0.2, 0.25) is 0 Å². The van der Waals surface area contributed by atoms with Gasteiger partial charge in [-0.3, -0.25) is 0 Å². The fourth-order valence-corrected chi connectivity index (χ4v) is 1.41. The summed E-state index contributed by atoms with van der Waals surface area (Å²) in [5, 5.41) is 0. The summed E-state index contributed by atoms with van der Waals surface area (Å²) in [7, 11) is 0. The Bertz CT molecular complexity index is 350. The molecule has 76 valence electrons. The van der Waals surface area contributed by atoms with Crippen LogP contribution in [-0.4, -0.2) is 12.1 Å². The molecule has 1 aromatic carbocycles. The van der Waals surface area contributed by atoms with Gasteiger partial charge in [-0.15, -0.1) is 0 Å². The van der Waals surface area contributed by atoms with Gasteiger partial charge < -0.3 is 10.5 Å². The number of anilines is 1. The molecule has 4 heteroatoms. The SMILES string of the molecule is CC(C)OC(=O)c1cccc(N)c1Br. The van der Waals surface area contributed by atoms with Gasteiger partial charge in [0.1, 0.15) is 0 Å². The summed E-state index contributed by atoms with van der Waals surface area (Å²) < 4.78 is 5.64. The molecule has 0 fully saturated rings. The average Bonchev–Trinajstić information content (AvgIpc) is 2.08. The van der Waals surface area contributed by atoms with Crippen molar-refractivity contribution in [3.05, 3.63) is 28.2 Å². The Morgan fingerprint density at radius 1 is 1.50 bits per heavy atom. The molecule has 14 heavy (non-hydrogen) atoms. The van der Waals surface area contributed by atoms with Crippen LogP contribution in [0.1, 0.15) is 24.2 Å². The predicted molar refractivity (Wildman–Crippen MR) is 59.1 cm³/mol. The van der Waals surface area contributed by atoms with Crippen molar-refractivity contribution in [2.45, 2.75) is 20.0 Å². The fourth-order valence-electron chi connectivity index (χ4n) is 0.985.